The van der Waals surface area contributed by atoms with Gasteiger partial charge >= 0.3 is 6.18 Å². The van der Waals surface area contributed by atoms with Crippen LogP contribution in [0.5, 0.6) is 0 Å². The zero-order valence-corrected chi connectivity index (χ0v) is 26.6. The Balaban J connectivity index is 1.06. The van der Waals surface area contributed by atoms with E-state index in [1.807, 2.05) is 13.1 Å². The van der Waals surface area contributed by atoms with Crippen LogP contribution < -0.4 is 10.6 Å². The molecule has 0 saturated carbocycles. The molecule has 0 amide bonds. The number of nitriles is 1. The van der Waals surface area contributed by atoms with Crippen LogP contribution in [0.4, 0.5) is 19.0 Å². The zero-order chi connectivity index (χ0) is 31.6. The summed E-state index contributed by atoms with van der Waals surface area (Å²) < 4.78 is 41.0. The molecule has 13 heteroatoms. The molecule has 2 aliphatic rings. The molecule has 0 bridgehead atoms. The molecule has 2 saturated heterocycles. The molecule has 4 aromatic rings. The normalized spacial score (nSPS) is 17.8. The maximum atomic E-state index is 12.9. The number of piperazine rings is 1. The van der Waals surface area contributed by atoms with Gasteiger partial charge in [-0.05, 0) is 56.1 Å². The Morgan fingerprint density at radius 1 is 0.978 bits per heavy atom. The Morgan fingerprint density at radius 2 is 1.73 bits per heavy atom. The van der Waals surface area contributed by atoms with Gasteiger partial charge in [0.25, 0.3) is 0 Å². The van der Waals surface area contributed by atoms with E-state index in [0.29, 0.717) is 21.7 Å². The summed E-state index contributed by atoms with van der Waals surface area (Å²) in [6.45, 7) is 11.6. The lowest BCUT2D eigenvalue weighted by atomic mass is 10.0. The van der Waals surface area contributed by atoms with Gasteiger partial charge in [-0.15, -0.1) is 11.3 Å². The average molecular weight is 640 g/mol. The molecular formula is C32H40F3N9S. The molecule has 3 aromatic heterocycles. The number of fused-ring (bicyclic) bond motifs is 2. The van der Waals surface area contributed by atoms with Crippen LogP contribution in [0.15, 0.2) is 30.6 Å². The summed E-state index contributed by atoms with van der Waals surface area (Å²) in [6, 6.07) is 10.6. The Morgan fingerprint density at radius 3 is 2.44 bits per heavy atom. The van der Waals surface area contributed by atoms with Gasteiger partial charge < -0.3 is 15.2 Å². The summed E-state index contributed by atoms with van der Waals surface area (Å²) in [5, 5.41) is 18.5. The summed E-state index contributed by atoms with van der Waals surface area (Å²) in [5.74, 6) is 0.610. The van der Waals surface area contributed by atoms with Gasteiger partial charge in [0, 0.05) is 87.4 Å². The third-order valence-electron chi connectivity index (χ3n) is 9.15. The van der Waals surface area contributed by atoms with Crippen LogP contribution in [0.2, 0.25) is 0 Å². The first kappa shape index (κ1) is 31.7. The molecule has 2 aliphatic heterocycles. The lowest BCUT2D eigenvalue weighted by molar-refractivity contribution is -0.126. The first-order valence-electron chi connectivity index (χ1n) is 15.6. The molecule has 1 aromatic carbocycles. The molecule has 6 rings (SSSR count). The third kappa shape index (κ3) is 7.42. The highest BCUT2D eigenvalue weighted by Crippen LogP contribution is 2.33. The van der Waals surface area contributed by atoms with Crippen LogP contribution in [-0.4, -0.2) is 101 Å². The van der Waals surface area contributed by atoms with Crippen molar-refractivity contribution in [3.63, 3.8) is 0 Å². The molecule has 0 spiro atoms. The van der Waals surface area contributed by atoms with Crippen LogP contribution in [-0.2, 0) is 19.5 Å². The molecular weight excluding hydrogens is 599 g/mol. The number of thiophene rings is 1. The van der Waals surface area contributed by atoms with E-state index in [1.54, 1.807) is 6.07 Å². The van der Waals surface area contributed by atoms with Gasteiger partial charge in [0.15, 0.2) is 0 Å². The number of aromatic nitrogens is 3. The fraction of sp³-hybridized carbons (Fsp3) is 0.531. The van der Waals surface area contributed by atoms with Crippen LogP contribution in [0.1, 0.15) is 34.5 Å². The Kier molecular flexibility index (Phi) is 9.58. The standard InChI is InChI=1S/C32H40F3N9S/c1-22-23(3-4-29-27(22)15-25(18-36)44(29)14-13-41-9-11-43(12-10-41)21-37-2)19-42-7-5-24(6-8-42)40-30-28-16-26(17-32(33,34)35)45-31(28)39-20-38-30/h3-4,15-16,20,24,37H,5-14,17,19,21H2,1-2H3,(H,38,39,40). The molecule has 0 unspecified atom stereocenters. The highest BCUT2D eigenvalue weighted by Gasteiger charge is 2.29. The second-order valence-corrected chi connectivity index (χ2v) is 13.3. The molecule has 0 aliphatic carbocycles. The number of halogens is 3. The Hall–Kier alpha value is -3.28. The average Bonchev–Trinajstić information content (AvgIpc) is 3.59. The maximum Gasteiger partial charge on any atom is 0.393 e. The number of aryl methyl sites for hydroxylation is 1. The molecule has 240 valence electrons. The largest absolute Gasteiger partial charge is 0.393 e. The van der Waals surface area contributed by atoms with Crippen molar-refractivity contribution in [1.82, 2.24) is 34.6 Å². The van der Waals surface area contributed by atoms with Gasteiger partial charge in [-0.25, -0.2) is 9.97 Å². The van der Waals surface area contributed by atoms with E-state index in [4.69, 9.17) is 0 Å². The predicted molar refractivity (Wildman–Crippen MR) is 172 cm³/mol. The van der Waals surface area contributed by atoms with Crippen LogP contribution in [0.25, 0.3) is 21.1 Å². The van der Waals surface area contributed by atoms with Crippen molar-refractivity contribution in [2.75, 3.05) is 64.8 Å². The number of anilines is 1. The summed E-state index contributed by atoms with van der Waals surface area (Å²) in [7, 11) is 1.98. The number of benzene rings is 1. The lowest BCUT2D eigenvalue weighted by Gasteiger charge is -2.34. The number of hydrogen-bond donors (Lipinski definition) is 2. The van der Waals surface area contributed by atoms with Gasteiger partial charge in [0.2, 0.25) is 0 Å². The van der Waals surface area contributed by atoms with Gasteiger partial charge in [0.1, 0.15) is 28.7 Å². The second kappa shape index (κ2) is 13.6. The van der Waals surface area contributed by atoms with E-state index >= 15 is 0 Å². The van der Waals surface area contributed by atoms with E-state index in [9.17, 15) is 18.4 Å². The topological polar surface area (TPSA) is 88.3 Å². The van der Waals surface area contributed by atoms with Crippen LogP contribution in [0, 0.1) is 18.3 Å². The molecule has 0 radical (unpaired) electrons. The van der Waals surface area contributed by atoms with Crippen molar-refractivity contribution < 1.29 is 13.2 Å². The number of nitrogens with one attached hydrogen (secondary N) is 2. The SMILES string of the molecule is CNCN1CCN(CCn2c(C#N)cc3c(C)c(CN4CCC(Nc5ncnc6sc(CC(F)(F)F)cc56)CC4)ccc32)CC1. The van der Waals surface area contributed by atoms with E-state index in [-0.39, 0.29) is 10.9 Å². The molecule has 0 atom stereocenters. The van der Waals surface area contributed by atoms with Gasteiger partial charge in [-0.3, -0.25) is 14.7 Å². The minimum Gasteiger partial charge on any atom is -0.367 e. The van der Waals surface area contributed by atoms with Crippen molar-refractivity contribution in [2.45, 2.75) is 51.5 Å². The fourth-order valence-electron chi connectivity index (χ4n) is 6.64. The maximum absolute atomic E-state index is 12.9. The van der Waals surface area contributed by atoms with Crippen molar-refractivity contribution in [3.05, 3.63) is 52.3 Å². The highest BCUT2D eigenvalue weighted by molar-refractivity contribution is 7.18. The van der Waals surface area contributed by atoms with Crippen LogP contribution in [0.3, 0.4) is 0 Å². The molecule has 45 heavy (non-hydrogen) atoms. The van der Waals surface area contributed by atoms with E-state index in [2.05, 4.69) is 65.0 Å². The molecule has 5 heterocycles. The number of alkyl halides is 3. The number of likely N-dealkylation sites (tertiary alicyclic amines) is 1. The van der Waals surface area contributed by atoms with E-state index < -0.39 is 12.6 Å². The Bertz CT molecular complexity index is 1660. The minimum absolute atomic E-state index is 0.187. The number of piperidine rings is 1. The highest BCUT2D eigenvalue weighted by atomic mass is 32.1. The number of hydrogen-bond acceptors (Lipinski definition) is 9. The van der Waals surface area contributed by atoms with Crippen molar-refractivity contribution in [3.8, 4) is 6.07 Å². The third-order valence-corrected chi connectivity index (χ3v) is 10.2. The molecule has 2 N–H and O–H groups in total. The smallest absolute Gasteiger partial charge is 0.367 e. The summed E-state index contributed by atoms with van der Waals surface area (Å²) in [5.41, 5.74) is 4.32. The van der Waals surface area contributed by atoms with E-state index in [0.717, 1.165) is 101 Å². The summed E-state index contributed by atoms with van der Waals surface area (Å²) in [4.78, 5) is 16.7. The first-order chi connectivity index (χ1) is 21.7. The lowest BCUT2D eigenvalue weighted by Crippen LogP contribution is -2.49. The van der Waals surface area contributed by atoms with Crippen LogP contribution >= 0.6 is 11.3 Å². The zero-order valence-electron chi connectivity index (χ0n) is 25.8. The van der Waals surface area contributed by atoms with Crippen molar-refractivity contribution in [2.24, 2.45) is 0 Å². The Labute approximate surface area is 265 Å². The second-order valence-electron chi connectivity index (χ2n) is 12.2. The minimum atomic E-state index is -4.25. The van der Waals surface area contributed by atoms with E-state index in [1.165, 1.54) is 17.5 Å². The van der Waals surface area contributed by atoms with Gasteiger partial charge in [-0.1, -0.05) is 6.07 Å². The molecule has 9 nitrogen and oxygen atoms in total. The monoisotopic (exact) mass is 639 g/mol. The quantitative estimate of drug-likeness (QED) is 0.256. The van der Waals surface area contributed by atoms with Crippen molar-refractivity contribution in [1.29, 1.82) is 5.26 Å². The van der Waals surface area contributed by atoms with Gasteiger partial charge in [-0.2, -0.15) is 18.4 Å². The number of rotatable bonds is 10. The summed E-state index contributed by atoms with van der Waals surface area (Å²) >= 11 is 1.07. The summed E-state index contributed by atoms with van der Waals surface area (Å²) in [6.07, 6.45) is -1.96. The first-order valence-corrected chi connectivity index (χ1v) is 16.4. The fourth-order valence-corrected chi connectivity index (χ4v) is 7.66. The van der Waals surface area contributed by atoms with Crippen molar-refractivity contribution >= 4 is 38.3 Å². The van der Waals surface area contributed by atoms with Gasteiger partial charge in [0.05, 0.1) is 11.8 Å². The predicted octanol–water partition coefficient (Wildman–Crippen LogP) is 4.80. The molecule has 2 fully saturated rings. The number of nitrogens with zero attached hydrogens (tertiary/aromatic N) is 7.